The standard InChI is InChI=1S/C24H21N3O8S/c1-33-17-11-12-22-19(13-17)23-26(24(28)34-15-16-7-3-2-4-8-16)20-10-6-5-9-18(20)21(14-25(29)30)27(23)36(31,32)35-22/h2-13,21,23H,14-15H2,1H3/t21-,23+/m0/s1. The Morgan fingerprint density at radius 2 is 1.78 bits per heavy atom. The first-order valence-electron chi connectivity index (χ1n) is 10.9. The van der Waals surface area contributed by atoms with Crippen molar-refractivity contribution in [3.63, 3.8) is 0 Å². The summed E-state index contributed by atoms with van der Waals surface area (Å²) >= 11 is 0. The lowest BCUT2D eigenvalue weighted by molar-refractivity contribution is -0.487. The first-order valence-corrected chi connectivity index (χ1v) is 12.3. The molecule has 1 amide bonds. The lowest BCUT2D eigenvalue weighted by atomic mass is 9.97. The molecule has 5 rings (SSSR count). The van der Waals surface area contributed by atoms with Crippen molar-refractivity contribution in [3.05, 3.63) is 99.6 Å². The van der Waals surface area contributed by atoms with Crippen molar-refractivity contribution < 1.29 is 31.8 Å². The molecular formula is C24H21N3O8S. The molecule has 186 valence electrons. The van der Waals surface area contributed by atoms with Crippen molar-refractivity contribution in [1.29, 1.82) is 0 Å². The topological polar surface area (TPSA) is 129 Å². The van der Waals surface area contributed by atoms with Gasteiger partial charge in [0.1, 0.15) is 24.6 Å². The SMILES string of the molecule is COc1ccc2c(c1)[C@@H]1N(C(=O)OCc3ccccc3)c3ccccc3[C@H](C[N+](=O)[O-])N1S(=O)(=O)O2. The van der Waals surface area contributed by atoms with Gasteiger partial charge in [-0.15, -0.1) is 4.31 Å². The van der Waals surface area contributed by atoms with E-state index in [0.29, 0.717) is 11.4 Å². The smallest absolute Gasteiger partial charge is 0.416 e. The van der Waals surface area contributed by atoms with Crippen molar-refractivity contribution in [1.82, 2.24) is 4.31 Å². The second kappa shape index (κ2) is 9.13. The molecule has 2 heterocycles. The lowest BCUT2D eigenvalue weighted by Crippen LogP contribution is -2.56. The molecule has 0 aliphatic carbocycles. The Bertz CT molecular complexity index is 1430. The highest BCUT2D eigenvalue weighted by atomic mass is 32.2. The average molecular weight is 512 g/mol. The van der Waals surface area contributed by atoms with Gasteiger partial charge >= 0.3 is 16.4 Å². The van der Waals surface area contributed by atoms with E-state index in [0.717, 1.165) is 9.87 Å². The van der Waals surface area contributed by atoms with E-state index in [1.54, 1.807) is 48.5 Å². The van der Waals surface area contributed by atoms with E-state index in [2.05, 4.69) is 0 Å². The summed E-state index contributed by atoms with van der Waals surface area (Å²) < 4.78 is 43.8. The van der Waals surface area contributed by atoms with Crippen LogP contribution in [0, 0.1) is 10.1 Å². The summed E-state index contributed by atoms with van der Waals surface area (Å²) in [5, 5.41) is 11.6. The van der Waals surface area contributed by atoms with Crippen molar-refractivity contribution >= 4 is 22.1 Å². The fourth-order valence-corrected chi connectivity index (χ4v) is 5.90. The molecule has 2 aliphatic rings. The van der Waals surface area contributed by atoms with Crippen LogP contribution in [0.15, 0.2) is 72.8 Å². The minimum atomic E-state index is -4.55. The van der Waals surface area contributed by atoms with Crippen LogP contribution in [0.4, 0.5) is 10.5 Å². The number of carbonyl (C=O) groups excluding carboxylic acids is 1. The number of nitro groups is 1. The Hall–Kier alpha value is -4.16. The molecule has 0 N–H and O–H groups in total. The highest BCUT2D eigenvalue weighted by Crippen LogP contribution is 2.52. The van der Waals surface area contributed by atoms with Gasteiger partial charge in [0.2, 0.25) is 6.54 Å². The summed E-state index contributed by atoms with van der Waals surface area (Å²) in [5.74, 6) is 0.371. The van der Waals surface area contributed by atoms with E-state index in [-0.39, 0.29) is 23.5 Å². The number of para-hydroxylation sites is 1. The number of amides is 1. The zero-order valence-corrected chi connectivity index (χ0v) is 19.8. The summed E-state index contributed by atoms with van der Waals surface area (Å²) in [6, 6.07) is 18.7. The van der Waals surface area contributed by atoms with Crippen LogP contribution in [-0.4, -0.2) is 37.4 Å². The number of fused-ring (bicyclic) bond motifs is 4. The second-order valence-electron chi connectivity index (χ2n) is 8.15. The van der Waals surface area contributed by atoms with Gasteiger partial charge in [0.25, 0.3) is 0 Å². The Morgan fingerprint density at radius 1 is 1.06 bits per heavy atom. The molecule has 2 atom stereocenters. The van der Waals surface area contributed by atoms with Crippen LogP contribution in [0.25, 0.3) is 0 Å². The van der Waals surface area contributed by atoms with E-state index in [1.165, 1.54) is 30.2 Å². The third kappa shape index (κ3) is 4.10. The number of hydrogen-bond donors (Lipinski definition) is 0. The number of benzene rings is 3. The monoisotopic (exact) mass is 511 g/mol. The van der Waals surface area contributed by atoms with Crippen LogP contribution in [0.3, 0.4) is 0 Å². The first-order chi connectivity index (χ1) is 17.3. The Morgan fingerprint density at radius 3 is 2.50 bits per heavy atom. The molecule has 0 saturated carbocycles. The van der Waals surface area contributed by atoms with Gasteiger partial charge in [-0.25, -0.2) is 4.79 Å². The second-order valence-corrected chi connectivity index (χ2v) is 9.59. The van der Waals surface area contributed by atoms with Crippen molar-refractivity contribution in [2.24, 2.45) is 0 Å². The summed E-state index contributed by atoms with van der Waals surface area (Å²) in [6.45, 7) is -0.792. The maximum Gasteiger partial charge on any atom is 0.416 e. The molecule has 0 bridgehead atoms. The van der Waals surface area contributed by atoms with Crippen LogP contribution in [0.5, 0.6) is 11.5 Å². The number of carbonyl (C=O) groups is 1. The zero-order valence-electron chi connectivity index (χ0n) is 19.0. The maximum atomic E-state index is 13.6. The summed E-state index contributed by atoms with van der Waals surface area (Å²) in [5.41, 5.74) is 1.60. The third-order valence-electron chi connectivity index (χ3n) is 6.02. The molecule has 36 heavy (non-hydrogen) atoms. The van der Waals surface area contributed by atoms with Gasteiger partial charge in [0, 0.05) is 16.1 Å². The molecule has 2 aliphatic heterocycles. The lowest BCUT2D eigenvalue weighted by Gasteiger charge is -2.47. The van der Waals surface area contributed by atoms with Crippen LogP contribution >= 0.6 is 0 Å². The maximum absolute atomic E-state index is 13.6. The Kier molecular flexibility index (Phi) is 5.98. The van der Waals surface area contributed by atoms with Gasteiger partial charge in [-0.3, -0.25) is 15.0 Å². The van der Waals surface area contributed by atoms with Crippen LogP contribution in [0.2, 0.25) is 0 Å². The van der Waals surface area contributed by atoms with Gasteiger partial charge in [0.15, 0.2) is 5.75 Å². The molecule has 0 spiro atoms. The van der Waals surface area contributed by atoms with Crippen LogP contribution in [-0.2, 0) is 21.6 Å². The van der Waals surface area contributed by atoms with Gasteiger partial charge < -0.3 is 13.7 Å². The highest BCUT2D eigenvalue weighted by Gasteiger charge is 2.54. The average Bonchev–Trinajstić information content (AvgIpc) is 2.87. The Balaban J connectivity index is 1.68. The zero-order chi connectivity index (χ0) is 25.4. The van der Waals surface area contributed by atoms with Gasteiger partial charge in [-0.05, 0) is 29.8 Å². The molecule has 0 unspecified atom stereocenters. The largest absolute Gasteiger partial charge is 0.497 e. The van der Waals surface area contributed by atoms with Gasteiger partial charge in [-0.1, -0.05) is 48.5 Å². The van der Waals surface area contributed by atoms with Crippen molar-refractivity contribution in [2.45, 2.75) is 18.8 Å². The van der Waals surface area contributed by atoms with E-state index < -0.39 is 40.1 Å². The normalized spacial score (nSPS) is 19.8. The molecule has 0 radical (unpaired) electrons. The molecule has 11 nitrogen and oxygen atoms in total. The van der Waals surface area contributed by atoms with Gasteiger partial charge in [0.05, 0.1) is 12.8 Å². The van der Waals surface area contributed by atoms with Gasteiger partial charge in [-0.2, -0.15) is 8.42 Å². The minimum absolute atomic E-state index is 0.0165. The number of anilines is 1. The van der Waals surface area contributed by atoms with Crippen molar-refractivity contribution in [3.8, 4) is 11.5 Å². The molecular weight excluding hydrogens is 490 g/mol. The molecule has 3 aromatic rings. The number of nitrogens with zero attached hydrogens (tertiary/aromatic N) is 3. The molecule has 3 aromatic carbocycles. The summed E-state index contributed by atoms with van der Waals surface area (Å²) in [4.78, 5) is 25.8. The predicted molar refractivity (Wildman–Crippen MR) is 127 cm³/mol. The molecule has 0 aromatic heterocycles. The third-order valence-corrected chi connectivity index (χ3v) is 7.38. The van der Waals surface area contributed by atoms with E-state index in [4.69, 9.17) is 13.7 Å². The predicted octanol–water partition coefficient (Wildman–Crippen LogP) is 3.81. The molecule has 12 heteroatoms. The first kappa shape index (κ1) is 23.6. The minimum Gasteiger partial charge on any atom is -0.497 e. The fraction of sp³-hybridized carbons (Fsp3) is 0.208. The molecule has 0 fully saturated rings. The summed E-state index contributed by atoms with van der Waals surface area (Å²) in [6.07, 6.45) is -2.14. The molecule has 0 saturated heterocycles. The van der Waals surface area contributed by atoms with Crippen LogP contribution < -0.4 is 13.8 Å². The quantitative estimate of drug-likeness (QED) is 0.374. The van der Waals surface area contributed by atoms with E-state index >= 15 is 0 Å². The van der Waals surface area contributed by atoms with E-state index in [9.17, 15) is 23.3 Å². The Labute approximate surface area is 206 Å². The number of rotatable bonds is 5. The number of ether oxygens (including phenoxy) is 2. The number of methoxy groups -OCH3 is 1. The summed E-state index contributed by atoms with van der Waals surface area (Å²) in [7, 11) is -3.11. The fourth-order valence-electron chi connectivity index (χ4n) is 4.49. The van der Waals surface area contributed by atoms with Crippen LogP contribution in [0.1, 0.15) is 28.9 Å². The van der Waals surface area contributed by atoms with E-state index in [1.807, 2.05) is 6.07 Å². The van der Waals surface area contributed by atoms with Crippen molar-refractivity contribution in [2.75, 3.05) is 18.6 Å². The number of hydrogen-bond acceptors (Lipinski definition) is 8. The highest BCUT2D eigenvalue weighted by molar-refractivity contribution is 7.84.